The summed E-state index contributed by atoms with van der Waals surface area (Å²) in [6, 6.07) is 7.33. The van der Waals surface area contributed by atoms with Crippen molar-refractivity contribution < 1.29 is 0 Å². The first-order valence-electron chi connectivity index (χ1n) is 7.03. The summed E-state index contributed by atoms with van der Waals surface area (Å²) in [6.45, 7) is 7.92. The molecule has 0 amide bonds. The molecule has 0 spiro atoms. The van der Waals surface area contributed by atoms with Crippen LogP contribution >= 0.6 is 15.9 Å². The lowest BCUT2D eigenvalue weighted by Gasteiger charge is -2.32. The van der Waals surface area contributed by atoms with Crippen molar-refractivity contribution in [1.82, 2.24) is 5.32 Å². The molecule has 0 radical (unpaired) electrons. The van der Waals surface area contributed by atoms with Crippen molar-refractivity contribution in [3.8, 4) is 0 Å². The van der Waals surface area contributed by atoms with E-state index in [9.17, 15) is 0 Å². The van der Waals surface area contributed by atoms with E-state index in [1.807, 2.05) is 0 Å². The van der Waals surface area contributed by atoms with Gasteiger partial charge in [-0.05, 0) is 55.2 Å². The average Bonchev–Trinajstić information content (AvgIpc) is 2.29. The van der Waals surface area contributed by atoms with Gasteiger partial charge in [0.05, 0.1) is 0 Å². The number of aryl methyl sites for hydroxylation is 1. The molecule has 1 aromatic rings. The minimum absolute atomic E-state index is 0.702. The standard InChI is InChI=1S/C16H24BrN/c1-11-6-12(2)8-15(7-11)18-10-14-4-5-16(17)13(3)9-14/h4-5,9,11-12,15,18H,6-8,10H2,1-3H3. The smallest absolute Gasteiger partial charge is 0.0208 e. The molecule has 1 aliphatic rings. The quantitative estimate of drug-likeness (QED) is 0.855. The zero-order valence-corrected chi connectivity index (χ0v) is 13.3. The molecule has 0 heterocycles. The topological polar surface area (TPSA) is 12.0 Å². The predicted molar refractivity (Wildman–Crippen MR) is 81.7 cm³/mol. The van der Waals surface area contributed by atoms with Crippen LogP contribution in [0.4, 0.5) is 0 Å². The monoisotopic (exact) mass is 309 g/mol. The Morgan fingerprint density at radius 3 is 2.44 bits per heavy atom. The first-order valence-corrected chi connectivity index (χ1v) is 7.82. The zero-order chi connectivity index (χ0) is 13.1. The number of hydrogen-bond acceptors (Lipinski definition) is 1. The number of rotatable bonds is 3. The molecule has 0 bridgehead atoms. The van der Waals surface area contributed by atoms with E-state index in [1.165, 1.54) is 34.9 Å². The molecule has 1 fully saturated rings. The maximum absolute atomic E-state index is 3.73. The third-order valence-corrected chi connectivity index (χ3v) is 4.89. The van der Waals surface area contributed by atoms with Gasteiger partial charge in [0.2, 0.25) is 0 Å². The van der Waals surface area contributed by atoms with Crippen molar-refractivity contribution in [2.75, 3.05) is 0 Å². The summed E-state index contributed by atoms with van der Waals surface area (Å²) < 4.78 is 1.20. The summed E-state index contributed by atoms with van der Waals surface area (Å²) >= 11 is 3.55. The van der Waals surface area contributed by atoms with E-state index >= 15 is 0 Å². The van der Waals surface area contributed by atoms with Crippen LogP contribution < -0.4 is 5.32 Å². The van der Waals surface area contributed by atoms with Crippen LogP contribution in [0.15, 0.2) is 22.7 Å². The first-order chi connectivity index (χ1) is 8.54. The van der Waals surface area contributed by atoms with Gasteiger partial charge in [0.1, 0.15) is 0 Å². The number of benzene rings is 1. The third kappa shape index (κ3) is 3.83. The molecular formula is C16H24BrN. The van der Waals surface area contributed by atoms with Crippen LogP contribution in [0.3, 0.4) is 0 Å². The Labute approximate surface area is 119 Å². The van der Waals surface area contributed by atoms with Crippen LogP contribution in [0.1, 0.15) is 44.2 Å². The van der Waals surface area contributed by atoms with E-state index in [0.717, 1.165) is 18.4 Å². The molecule has 1 nitrogen and oxygen atoms in total. The molecule has 18 heavy (non-hydrogen) atoms. The third-order valence-electron chi connectivity index (χ3n) is 4.00. The number of nitrogens with one attached hydrogen (secondary N) is 1. The summed E-state index contributed by atoms with van der Waals surface area (Å²) in [5, 5.41) is 3.73. The SMILES string of the molecule is Cc1cc(CNC2CC(C)CC(C)C2)ccc1Br. The molecular weight excluding hydrogens is 286 g/mol. The number of hydrogen-bond donors (Lipinski definition) is 1. The van der Waals surface area contributed by atoms with Gasteiger partial charge >= 0.3 is 0 Å². The summed E-state index contributed by atoms with van der Waals surface area (Å²) in [5.74, 6) is 1.75. The van der Waals surface area contributed by atoms with Crippen molar-refractivity contribution in [3.63, 3.8) is 0 Å². The van der Waals surface area contributed by atoms with Crippen molar-refractivity contribution >= 4 is 15.9 Å². The average molecular weight is 310 g/mol. The second-order valence-corrected chi connectivity index (χ2v) is 6.93. The maximum Gasteiger partial charge on any atom is 0.0208 e. The molecule has 0 aliphatic heterocycles. The highest BCUT2D eigenvalue weighted by atomic mass is 79.9. The van der Waals surface area contributed by atoms with Gasteiger partial charge in [-0.2, -0.15) is 0 Å². The molecule has 2 atom stereocenters. The van der Waals surface area contributed by atoms with Gasteiger partial charge in [-0.15, -0.1) is 0 Å². The Balaban J connectivity index is 1.89. The largest absolute Gasteiger partial charge is 0.310 e. The molecule has 1 aliphatic carbocycles. The van der Waals surface area contributed by atoms with Crippen LogP contribution in [0.25, 0.3) is 0 Å². The highest BCUT2D eigenvalue weighted by molar-refractivity contribution is 9.10. The lowest BCUT2D eigenvalue weighted by atomic mass is 9.80. The Morgan fingerprint density at radius 2 is 1.83 bits per heavy atom. The highest BCUT2D eigenvalue weighted by Gasteiger charge is 2.23. The van der Waals surface area contributed by atoms with E-state index in [-0.39, 0.29) is 0 Å². The summed E-state index contributed by atoms with van der Waals surface area (Å²) in [7, 11) is 0. The molecule has 2 heteroatoms. The van der Waals surface area contributed by atoms with Crippen LogP contribution in [-0.2, 0) is 6.54 Å². The van der Waals surface area contributed by atoms with E-state index in [1.54, 1.807) is 0 Å². The van der Waals surface area contributed by atoms with E-state index < -0.39 is 0 Å². The lowest BCUT2D eigenvalue weighted by molar-refractivity contribution is 0.238. The predicted octanol–water partition coefficient (Wildman–Crippen LogP) is 4.67. The minimum atomic E-state index is 0.702. The fraction of sp³-hybridized carbons (Fsp3) is 0.625. The molecule has 100 valence electrons. The minimum Gasteiger partial charge on any atom is -0.310 e. The van der Waals surface area contributed by atoms with Crippen molar-refractivity contribution in [1.29, 1.82) is 0 Å². The molecule has 0 saturated heterocycles. The number of halogens is 1. The fourth-order valence-corrected chi connectivity index (χ4v) is 3.44. The van der Waals surface area contributed by atoms with Gasteiger partial charge in [-0.1, -0.05) is 41.9 Å². The van der Waals surface area contributed by atoms with Crippen molar-refractivity contribution in [3.05, 3.63) is 33.8 Å². The second kappa shape index (κ2) is 6.21. The van der Waals surface area contributed by atoms with Gasteiger partial charge in [0, 0.05) is 17.1 Å². The van der Waals surface area contributed by atoms with Gasteiger partial charge < -0.3 is 5.32 Å². The van der Waals surface area contributed by atoms with E-state index in [0.29, 0.717) is 6.04 Å². The maximum atomic E-state index is 3.73. The molecule has 1 saturated carbocycles. The van der Waals surface area contributed by atoms with Crippen LogP contribution in [0.5, 0.6) is 0 Å². The van der Waals surface area contributed by atoms with Crippen LogP contribution in [0.2, 0.25) is 0 Å². The van der Waals surface area contributed by atoms with Crippen molar-refractivity contribution in [2.24, 2.45) is 11.8 Å². The molecule has 2 unspecified atom stereocenters. The molecule has 1 N–H and O–H groups in total. The zero-order valence-electron chi connectivity index (χ0n) is 11.7. The Morgan fingerprint density at radius 1 is 1.17 bits per heavy atom. The first kappa shape index (κ1) is 14.1. The Hall–Kier alpha value is -0.340. The van der Waals surface area contributed by atoms with Gasteiger partial charge in [0.15, 0.2) is 0 Å². The van der Waals surface area contributed by atoms with Gasteiger partial charge in [-0.25, -0.2) is 0 Å². The van der Waals surface area contributed by atoms with E-state index in [2.05, 4.69) is 60.2 Å². The Kier molecular flexibility index (Phi) is 4.85. The highest BCUT2D eigenvalue weighted by Crippen LogP contribution is 2.28. The molecule has 0 aromatic heterocycles. The Bertz CT molecular complexity index is 392. The van der Waals surface area contributed by atoms with Gasteiger partial charge in [-0.3, -0.25) is 0 Å². The second-order valence-electron chi connectivity index (χ2n) is 6.08. The summed E-state index contributed by atoms with van der Waals surface area (Å²) in [4.78, 5) is 0. The van der Waals surface area contributed by atoms with E-state index in [4.69, 9.17) is 0 Å². The lowest BCUT2D eigenvalue weighted by Crippen LogP contribution is -2.35. The van der Waals surface area contributed by atoms with Crippen molar-refractivity contribution in [2.45, 2.75) is 52.6 Å². The van der Waals surface area contributed by atoms with Crippen LogP contribution in [-0.4, -0.2) is 6.04 Å². The summed E-state index contributed by atoms with van der Waals surface area (Å²) in [5.41, 5.74) is 2.71. The summed E-state index contributed by atoms with van der Waals surface area (Å²) in [6.07, 6.45) is 4.06. The van der Waals surface area contributed by atoms with Crippen LogP contribution in [0, 0.1) is 18.8 Å². The molecule has 2 rings (SSSR count). The molecule has 1 aromatic carbocycles. The normalized spacial score (nSPS) is 28.3. The fourth-order valence-electron chi connectivity index (χ4n) is 3.19. The van der Waals surface area contributed by atoms with Gasteiger partial charge in [0.25, 0.3) is 0 Å².